The van der Waals surface area contributed by atoms with Crippen molar-refractivity contribution >= 4 is 28.3 Å². The van der Waals surface area contributed by atoms with Gasteiger partial charge >= 0.3 is 0 Å². The van der Waals surface area contributed by atoms with Crippen molar-refractivity contribution in [2.45, 2.75) is 6.54 Å². The third-order valence-corrected chi connectivity index (χ3v) is 2.77. The summed E-state index contributed by atoms with van der Waals surface area (Å²) >= 11 is 5.35. The summed E-state index contributed by atoms with van der Waals surface area (Å²) in [6, 6.07) is 7.26. The molecular weight excluding hydrogens is 254 g/mol. The lowest BCUT2D eigenvalue weighted by Gasteiger charge is -2.06. The zero-order valence-corrected chi connectivity index (χ0v) is 10.4. The Morgan fingerprint density at radius 2 is 2.17 bits per heavy atom. The molecule has 0 spiro atoms. The van der Waals surface area contributed by atoms with E-state index in [1.807, 2.05) is 18.2 Å². The van der Waals surface area contributed by atoms with Crippen LogP contribution in [0.4, 0.5) is 0 Å². The molecule has 0 aliphatic carbocycles. The number of carbonyl (C=O) groups excluding carboxylic acids is 1. The van der Waals surface area contributed by atoms with E-state index in [-0.39, 0.29) is 17.3 Å². The van der Waals surface area contributed by atoms with Gasteiger partial charge in [-0.3, -0.25) is 9.59 Å². The SMILES string of the molecule is O=C(CCl)NCCn1ncc2ccccc2c1=O. The average molecular weight is 266 g/mol. The molecule has 2 aromatic rings. The van der Waals surface area contributed by atoms with Crippen molar-refractivity contribution in [1.29, 1.82) is 0 Å². The molecule has 0 aliphatic rings. The molecule has 1 amide bonds. The molecule has 0 saturated heterocycles. The van der Waals surface area contributed by atoms with E-state index in [2.05, 4.69) is 10.4 Å². The van der Waals surface area contributed by atoms with Crippen LogP contribution in [-0.2, 0) is 11.3 Å². The highest BCUT2D eigenvalue weighted by molar-refractivity contribution is 6.27. The molecule has 0 atom stereocenters. The summed E-state index contributed by atoms with van der Waals surface area (Å²) in [6.45, 7) is 0.656. The van der Waals surface area contributed by atoms with Gasteiger partial charge in [-0.15, -0.1) is 11.6 Å². The molecule has 0 aliphatic heterocycles. The Morgan fingerprint density at radius 3 is 2.94 bits per heavy atom. The van der Waals surface area contributed by atoms with E-state index in [1.54, 1.807) is 12.3 Å². The van der Waals surface area contributed by atoms with Crippen LogP contribution in [0, 0.1) is 0 Å². The largest absolute Gasteiger partial charge is 0.353 e. The number of nitrogens with zero attached hydrogens (tertiary/aromatic N) is 2. The van der Waals surface area contributed by atoms with Crippen molar-refractivity contribution < 1.29 is 4.79 Å². The molecule has 1 heterocycles. The van der Waals surface area contributed by atoms with Gasteiger partial charge in [0.1, 0.15) is 5.88 Å². The number of alkyl halides is 1. The highest BCUT2D eigenvalue weighted by Gasteiger charge is 2.03. The number of halogens is 1. The van der Waals surface area contributed by atoms with Crippen LogP contribution < -0.4 is 10.9 Å². The zero-order valence-electron chi connectivity index (χ0n) is 9.60. The van der Waals surface area contributed by atoms with Gasteiger partial charge in [0.25, 0.3) is 5.56 Å². The van der Waals surface area contributed by atoms with E-state index in [0.717, 1.165) is 5.39 Å². The van der Waals surface area contributed by atoms with Gasteiger partial charge in [0.15, 0.2) is 0 Å². The van der Waals surface area contributed by atoms with Crippen LogP contribution in [0.2, 0.25) is 0 Å². The van der Waals surface area contributed by atoms with Gasteiger partial charge in [0.2, 0.25) is 5.91 Å². The van der Waals surface area contributed by atoms with E-state index in [4.69, 9.17) is 11.6 Å². The number of benzene rings is 1. The first kappa shape index (κ1) is 12.6. The lowest BCUT2D eigenvalue weighted by molar-refractivity contribution is -0.118. The lowest BCUT2D eigenvalue weighted by Crippen LogP contribution is -2.32. The Bertz CT molecular complexity index is 624. The number of carbonyl (C=O) groups is 1. The molecule has 0 unspecified atom stereocenters. The second-order valence-electron chi connectivity index (χ2n) is 3.74. The molecular formula is C12H12ClN3O2. The number of nitrogens with one attached hydrogen (secondary N) is 1. The maximum atomic E-state index is 12.0. The van der Waals surface area contributed by atoms with Gasteiger partial charge < -0.3 is 5.32 Å². The minimum atomic E-state index is -0.259. The number of rotatable bonds is 4. The second-order valence-corrected chi connectivity index (χ2v) is 4.01. The van der Waals surface area contributed by atoms with Crippen molar-refractivity contribution in [2.75, 3.05) is 12.4 Å². The fourth-order valence-corrected chi connectivity index (χ4v) is 1.73. The Balaban J connectivity index is 2.17. The van der Waals surface area contributed by atoms with Crippen LogP contribution in [-0.4, -0.2) is 28.1 Å². The molecule has 0 fully saturated rings. The molecule has 0 bridgehead atoms. The van der Waals surface area contributed by atoms with E-state index in [1.165, 1.54) is 4.68 Å². The lowest BCUT2D eigenvalue weighted by atomic mass is 10.2. The number of hydrogen-bond donors (Lipinski definition) is 1. The quantitative estimate of drug-likeness (QED) is 0.830. The second kappa shape index (κ2) is 5.64. The van der Waals surface area contributed by atoms with Crippen LogP contribution >= 0.6 is 11.6 Å². The van der Waals surface area contributed by atoms with Crippen LogP contribution in [0.5, 0.6) is 0 Å². The molecule has 1 aromatic heterocycles. The minimum Gasteiger partial charge on any atom is -0.353 e. The molecule has 0 radical (unpaired) electrons. The predicted molar refractivity (Wildman–Crippen MR) is 69.7 cm³/mol. The first-order valence-electron chi connectivity index (χ1n) is 5.50. The number of hydrogen-bond acceptors (Lipinski definition) is 3. The highest BCUT2D eigenvalue weighted by Crippen LogP contribution is 2.05. The minimum absolute atomic E-state index is 0.0833. The van der Waals surface area contributed by atoms with Crippen molar-refractivity contribution in [1.82, 2.24) is 15.1 Å². The Morgan fingerprint density at radius 1 is 1.39 bits per heavy atom. The normalized spacial score (nSPS) is 10.5. The Hall–Kier alpha value is -1.88. The summed E-state index contributed by atoms with van der Waals surface area (Å²) in [6.07, 6.45) is 1.64. The molecule has 94 valence electrons. The van der Waals surface area contributed by atoms with Crippen molar-refractivity contribution in [3.8, 4) is 0 Å². The highest BCUT2D eigenvalue weighted by atomic mass is 35.5. The first-order chi connectivity index (χ1) is 8.72. The van der Waals surface area contributed by atoms with Gasteiger partial charge in [-0.1, -0.05) is 18.2 Å². The topological polar surface area (TPSA) is 64.0 Å². The summed E-state index contributed by atoms with van der Waals surface area (Å²) < 4.78 is 1.33. The smallest absolute Gasteiger partial charge is 0.274 e. The number of aromatic nitrogens is 2. The van der Waals surface area contributed by atoms with Gasteiger partial charge in [0, 0.05) is 11.9 Å². The molecule has 6 heteroatoms. The third kappa shape index (κ3) is 2.68. The zero-order chi connectivity index (χ0) is 13.0. The van der Waals surface area contributed by atoms with Crippen molar-refractivity contribution in [2.24, 2.45) is 0 Å². The molecule has 5 nitrogen and oxygen atoms in total. The van der Waals surface area contributed by atoms with Crippen molar-refractivity contribution in [3.05, 3.63) is 40.8 Å². The van der Waals surface area contributed by atoms with Gasteiger partial charge in [-0.05, 0) is 6.07 Å². The number of amides is 1. The van der Waals surface area contributed by atoms with E-state index in [0.29, 0.717) is 18.5 Å². The van der Waals surface area contributed by atoms with Crippen molar-refractivity contribution in [3.63, 3.8) is 0 Å². The summed E-state index contributed by atoms with van der Waals surface area (Å²) in [5.74, 6) is -0.342. The monoisotopic (exact) mass is 265 g/mol. The summed E-state index contributed by atoms with van der Waals surface area (Å²) in [4.78, 5) is 23.0. The molecule has 1 N–H and O–H groups in total. The van der Waals surface area contributed by atoms with E-state index >= 15 is 0 Å². The molecule has 0 saturated carbocycles. The molecule has 18 heavy (non-hydrogen) atoms. The van der Waals surface area contributed by atoms with Crippen LogP contribution in [0.25, 0.3) is 10.8 Å². The average Bonchev–Trinajstić information content (AvgIpc) is 2.41. The summed E-state index contributed by atoms with van der Waals surface area (Å²) in [5, 5.41) is 8.06. The summed E-state index contributed by atoms with van der Waals surface area (Å²) in [5.41, 5.74) is -0.159. The molecule has 1 aromatic carbocycles. The van der Waals surface area contributed by atoms with Gasteiger partial charge in [0.05, 0.1) is 18.1 Å². The van der Waals surface area contributed by atoms with Gasteiger partial charge in [-0.25, -0.2) is 4.68 Å². The Labute approximate surface area is 108 Å². The molecule has 2 rings (SSSR count). The first-order valence-corrected chi connectivity index (χ1v) is 6.03. The maximum Gasteiger partial charge on any atom is 0.274 e. The van der Waals surface area contributed by atoms with E-state index in [9.17, 15) is 9.59 Å². The van der Waals surface area contributed by atoms with E-state index < -0.39 is 0 Å². The van der Waals surface area contributed by atoms with Crippen LogP contribution in [0.15, 0.2) is 35.3 Å². The predicted octanol–water partition coefficient (Wildman–Crippen LogP) is 0.751. The number of fused-ring (bicyclic) bond motifs is 1. The fourth-order valence-electron chi connectivity index (χ4n) is 1.64. The summed E-state index contributed by atoms with van der Waals surface area (Å²) in [7, 11) is 0. The fraction of sp³-hybridized carbons (Fsp3) is 0.250. The van der Waals surface area contributed by atoms with Crippen LogP contribution in [0.3, 0.4) is 0 Å². The standard InChI is InChI=1S/C12H12ClN3O2/c13-7-11(17)14-5-6-16-12(18)10-4-2-1-3-9(10)8-15-16/h1-4,8H,5-7H2,(H,14,17). The van der Waals surface area contributed by atoms with Crippen LogP contribution in [0.1, 0.15) is 0 Å². The van der Waals surface area contributed by atoms with Gasteiger partial charge in [-0.2, -0.15) is 5.10 Å². The maximum absolute atomic E-state index is 12.0. The third-order valence-electron chi connectivity index (χ3n) is 2.53. The Kier molecular flexibility index (Phi) is 3.94.